The van der Waals surface area contributed by atoms with Crippen molar-refractivity contribution in [2.75, 3.05) is 52.4 Å². The highest BCUT2D eigenvalue weighted by molar-refractivity contribution is 4.81. The number of nitrogens with zero attached hydrogens (tertiary/aromatic N) is 2. The van der Waals surface area contributed by atoms with E-state index in [0.29, 0.717) is 5.41 Å². The average Bonchev–Trinajstić information content (AvgIpc) is 2.45. The molecule has 1 saturated heterocycles. The van der Waals surface area contributed by atoms with Gasteiger partial charge in [-0.15, -0.1) is 0 Å². The third-order valence-corrected chi connectivity index (χ3v) is 5.02. The van der Waals surface area contributed by atoms with Gasteiger partial charge in [-0.1, -0.05) is 34.1 Å². The quantitative estimate of drug-likeness (QED) is 0.649. The Bertz CT molecular complexity index is 218. The summed E-state index contributed by atoms with van der Waals surface area (Å²) in [6.07, 6.45) is 4.09. The van der Waals surface area contributed by atoms with Crippen LogP contribution in [0.3, 0.4) is 0 Å². The standard InChI is InChI=1S/C16H35N3/c1-5-16(4)8-12-19(13-9-16)15-11-17-10-14-18(6-2)7-3/h17H,5-15H2,1-4H3. The molecule has 0 aromatic carbocycles. The smallest absolute Gasteiger partial charge is 0.0107 e. The molecule has 1 aliphatic heterocycles. The fraction of sp³-hybridized carbons (Fsp3) is 1.00. The number of nitrogens with one attached hydrogen (secondary N) is 1. The molecule has 3 nitrogen and oxygen atoms in total. The first kappa shape index (κ1) is 16.9. The van der Waals surface area contributed by atoms with Crippen molar-refractivity contribution in [1.82, 2.24) is 15.1 Å². The van der Waals surface area contributed by atoms with Gasteiger partial charge in [0.25, 0.3) is 0 Å². The van der Waals surface area contributed by atoms with Gasteiger partial charge in [0.1, 0.15) is 0 Å². The molecule has 1 N–H and O–H groups in total. The summed E-state index contributed by atoms with van der Waals surface area (Å²) in [5.41, 5.74) is 0.618. The zero-order chi connectivity index (χ0) is 14.1. The van der Waals surface area contributed by atoms with Crippen molar-refractivity contribution >= 4 is 0 Å². The van der Waals surface area contributed by atoms with Gasteiger partial charge < -0.3 is 15.1 Å². The van der Waals surface area contributed by atoms with Crippen molar-refractivity contribution in [3.63, 3.8) is 0 Å². The minimum atomic E-state index is 0.618. The van der Waals surface area contributed by atoms with Gasteiger partial charge in [-0.2, -0.15) is 0 Å². The summed E-state index contributed by atoms with van der Waals surface area (Å²) >= 11 is 0. The van der Waals surface area contributed by atoms with E-state index in [4.69, 9.17) is 0 Å². The number of rotatable bonds is 9. The second-order valence-corrected chi connectivity index (χ2v) is 6.28. The molecule has 0 aromatic rings. The molecule has 1 fully saturated rings. The van der Waals surface area contributed by atoms with Crippen LogP contribution in [0.1, 0.15) is 47.0 Å². The summed E-state index contributed by atoms with van der Waals surface area (Å²) < 4.78 is 0. The number of likely N-dealkylation sites (N-methyl/N-ethyl adjacent to an activating group) is 1. The fourth-order valence-electron chi connectivity index (χ4n) is 2.81. The van der Waals surface area contributed by atoms with Crippen LogP contribution < -0.4 is 5.32 Å². The molecule has 0 atom stereocenters. The Morgan fingerprint density at radius 3 is 2.21 bits per heavy atom. The Balaban J connectivity index is 2.02. The van der Waals surface area contributed by atoms with Crippen LogP contribution in [0, 0.1) is 5.41 Å². The highest BCUT2D eigenvalue weighted by atomic mass is 15.2. The van der Waals surface area contributed by atoms with E-state index in [9.17, 15) is 0 Å². The summed E-state index contributed by atoms with van der Waals surface area (Å²) in [5, 5.41) is 3.58. The van der Waals surface area contributed by atoms with Crippen molar-refractivity contribution in [2.24, 2.45) is 5.41 Å². The molecule has 1 rings (SSSR count). The lowest BCUT2D eigenvalue weighted by molar-refractivity contribution is 0.115. The maximum atomic E-state index is 3.58. The van der Waals surface area contributed by atoms with Crippen molar-refractivity contribution < 1.29 is 0 Å². The van der Waals surface area contributed by atoms with Gasteiger partial charge in [-0.05, 0) is 44.4 Å². The fourth-order valence-corrected chi connectivity index (χ4v) is 2.81. The molecule has 0 amide bonds. The molecule has 19 heavy (non-hydrogen) atoms. The van der Waals surface area contributed by atoms with E-state index in [1.165, 1.54) is 58.5 Å². The Hall–Kier alpha value is -0.120. The van der Waals surface area contributed by atoms with E-state index >= 15 is 0 Å². The molecule has 0 unspecified atom stereocenters. The SMILES string of the molecule is CCN(CC)CCNCCN1CCC(C)(CC)CC1. The highest BCUT2D eigenvalue weighted by Gasteiger charge is 2.27. The van der Waals surface area contributed by atoms with Crippen LogP contribution in [-0.4, -0.2) is 62.2 Å². The van der Waals surface area contributed by atoms with Crippen LogP contribution in [0.25, 0.3) is 0 Å². The highest BCUT2D eigenvalue weighted by Crippen LogP contribution is 2.33. The van der Waals surface area contributed by atoms with Crippen molar-refractivity contribution in [3.8, 4) is 0 Å². The Kier molecular flexibility index (Phi) is 7.96. The molecule has 0 aromatic heterocycles. The maximum Gasteiger partial charge on any atom is 0.0107 e. The number of hydrogen-bond donors (Lipinski definition) is 1. The van der Waals surface area contributed by atoms with Crippen LogP contribution in [0.5, 0.6) is 0 Å². The third kappa shape index (κ3) is 6.24. The molecule has 0 bridgehead atoms. The Morgan fingerprint density at radius 1 is 1.05 bits per heavy atom. The van der Waals surface area contributed by atoms with Crippen molar-refractivity contribution in [1.29, 1.82) is 0 Å². The molecule has 0 radical (unpaired) electrons. The molecule has 1 heterocycles. The van der Waals surface area contributed by atoms with Gasteiger partial charge in [0.05, 0.1) is 0 Å². The summed E-state index contributed by atoms with van der Waals surface area (Å²) in [6, 6.07) is 0. The summed E-state index contributed by atoms with van der Waals surface area (Å²) in [4.78, 5) is 5.10. The van der Waals surface area contributed by atoms with Gasteiger partial charge in [0, 0.05) is 26.2 Å². The summed E-state index contributed by atoms with van der Waals surface area (Å²) in [7, 11) is 0. The second kappa shape index (κ2) is 8.93. The largest absolute Gasteiger partial charge is 0.314 e. The number of likely N-dealkylation sites (tertiary alicyclic amines) is 1. The van der Waals surface area contributed by atoms with Gasteiger partial charge in [-0.3, -0.25) is 0 Å². The molecule has 1 aliphatic rings. The topological polar surface area (TPSA) is 18.5 Å². The normalized spacial score (nSPS) is 20.1. The van der Waals surface area contributed by atoms with Gasteiger partial charge in [0.15, 0.2) is 0 Å². The van der Waals surface area contributed by atoms with Gasteiger partial charge in [-0.25, -0.2) is 0 Å². The second-order valence-electron chi connectivity index (χ2n) is 6.28. The van der Waals surface area contributed by atoms with Gasteiger partial charge >= 0.3 is 0 Å². The van der Waals surface area contributed by atoms with Crippen LogP contribution in [0.15, 0.2) is 0 Å². The van der Waals surface area contributed by atoms with E-state index in [1.807, 2.05) is 0 Å². The van der Waals surface area contributed by atoms with E-state index in [1.54, 1.807) is 0 Å². The van der Waals surface area contributed by atoms with Crippen LogP contribution >= 0.6 is 0 Å². The Labute approximate surface area is 120 Å². The lowest BCUT2D eigenvalue weighted by atomic mass is 9.78. The number of hydrogen-bond acceptors (Lipinski definition) is 3. The van der Waals surface area contributed by atoms with Crippen LogP contribution in [-0.2, 0) is 0 Å². The molecule has 0 saturated carbocycles. The minimum Gasteiger partial charge on any atom is -0.314 e. The average molecular weight is 269 g/mol. The summed E-state index contributed by atoms with van der Waals surface area (Å²) in [6.45, 7) is 18.9. The zero-order valence-electron chi connectivity index (χ0n) is 13.7. The van der Waals surface area contributed by atoms with E-state index in [2.05, 4.69) is 42.8 Å². The van der Waals surface area contributed by atoms with E-state index in [0.717, 1.165) is 13.1 Å². The van der Waals surface area contributed by atoms with E-state index in [-0.39, 0.29) is 0 Å². The molecule has 114 valence electrons. The van der Waals surface area contributed by atoms with Crippen LogP contribution in [0.2, 0.25) is 0 Å². The maximum absolute atomic E-state index is 3.58. The monoisotopic (exact) mass is 269 g/mol. The Morgan fingerprint density at radius 2 is 1.68 bits per heavy atom. The van der Waals surface area contributed by atoms with E-state index < -0.39 is 0 Å². The molecular weight excluding hydrogens is 234 g/mol. The first-order valence-corrected chi connectivity index (χ1v) is 8.29. The molecule has 3 heteroatoms. The first-order chi connectivity index (χ1) is 9.13. The molecule has 0 aliphatic carbocycles. The molecular formula is C16H35N3. The lowest BCUT2D eigenvalue weighted by Gasteiger charge is -2.39. The summed E-state index contributed by atoms with van der Waals surface area (Å²) in [5.74, 6) is 0. The van der Waals surface area contributed by atoms with Crippen molar-refractivity contribution in [3.05, 3.63) is 0 Å². The number of piperidine rings is 1. The first-order valence-electron chi connectivity index (χ1n) is 8.29. The van der Waals surface area contributed by atoms with Crippen LogP contribution in [0.4, 0.5) is 0 Å². The predicted molar refractivity (Wildman–Crippen MR) is 84.7 cm³/mol. The third-order valence-electron chi connectivity index (χ3n) is 5.02. The predicted octanol–water partition coefficient (Wildman–Crippen LogP) is 2.43. The minimum absolute atomic E-state index is 0.618. The zero-order valence-corrected chi connectivity index (χ0v) is 13.7. The molecule has 0 spiro atoms. The van der Waals surface area contributed by atoms with Crippen molar-refractivity contribution in [2.45, 2.75) is 47.0 Å². The van der Waals surface area contributed by atoms with Gasteiger partial charge in [0.2, 0.25) is 0 Å². The lowest BCUT2D eigenvalue weighted by Crippen LogP contribution is -2.42.